The molecule has 0 aliphatic rings. The molecule has 0 bridgehead atoms. The topological polar surface area (TPSA) is 55.1 Å². The highest BCUT2D eigenvalue weighted by Gasteiger charge is 2.37. The first-order chi connectivity index (χ1) is 9.38. The van der Waals surface area contributed by atoms with Crippen LogP contribution in [0.15, 0.2) is 36.5 Å². The van der Waals surface area contributed by atoms with E-state index in [9.17, 15) is 18.0 Å². The Balaban J connectivity index is 2.54. The number of carboxylic acid groups (broad SMARTS) is 1. The fourth-order valence-corrected chi connectivity index (χ4v) is 1.51. The normalized spacial score (nSPS) is 10.8. The molecule has 0 amide bonds. The van der Waals surface area contributed by atoms with Crippen molar-refractivity contribution in [1.82, 2.24) is 9.78 Å². The van der Waals surface area contributed by atoms with Crippen LogP contribution in [0.25, 0.3) is 5.69 Å². The largest absolute Gasteiger partial charge is 0.472 e. The molecule has 0 radical (unpaired) electrons. The second kappa shape index (κ2) is 5.09. The van der Waals surface area contributed by atoms with Crippen LogP contribution in [-0.4, -0.2) is 20.9 Å². The molecule has 1 aromatic carbocycles. The molecule has 1 aromatic heterocycles. The number of para-hydroxylation sites is 1. The van der Waals surface area contributed by atoms with Gasteiger partial charge in [-0.25, -0.2) is 9.48 Å². The fraction of sp³-hybridized carbons (Fsp3) is 0.0769. The molecular formula is C13H7F3N2O2. The average Bonchev–Trinajstić information content (AvgIpc) is 2.81. The summed E-state index contributed by atoms with van der Waals surface area (Å²) in [6.45, 7) is 0. The molecule has 0 saturated carbocycles. The van der Waals surface area contributed by atoms with Gasteiger partial charge in [0.1, 0.15) is 0 Å². The van der Waals surface area contributed by atoms with E-state index in [1.165, 1.54) is 0 Å². The molecule has 102 valence electrons. The lowest BCUT2D eigenvalue weighted by molar-refractivity contribution is -0.141. The van der Waals surface area contributed by atoms with Gasteiger partial charge in [-0.2, -0.15) is 18.3 Å². The number of aromatic nitrogens is 2. The number of nitrogens with zero attached hydrogens (tertiary/aromatic N) is 2. The molecule has 0 atom stereocenters. The molecule has 1 heterocycles. The Bertz CT molecular complexity index is 694. The monoisotopic (exact) mass is 280 g/mol. The molecule has 2 aromatic rings. The molecule has 0 unspecified atom stereocenters. The second-order valence-corrected chi connectivity index (χ2v) is 3.72. The van der Waals surface area contributed by atoms with Crippen LogP contribution in [0, 0.1) is 11.8 Å². The predicted molar refractivity (Wildman–Crippen MR) is 63.1 cm³/mol. The van der Waals surface area contributed by atoms with Crippen molar-refractivity contribution in [3.8, 4) is 17.5 Å². The van der Waals surface area contributed by atoms with Gasteiger partial charge in [-0.1, -0.05) is 24.1 Å². The Morgan fingerprint density at radius 3 is 2.45 bits per heavy atom. The first kappa shape index (κ1) is 13.7. The van der Waals surface area contributed by atoms with Gasteiger partial charge in [0.05, 0.1) is 11.3 Å². The Kier molecular flexibility index (Phi) is 3.48. The van der Waals surface area contributed by atoms with Gasteiger partial charge in [0, 0.05) is 12.1 Å². The Morgan fingerprint density at radius 2 is 1.90 bits per heavy atom. The zero-order valence-corrected chi connectivity index (χ0v) is 9.85. The van der Waals surface area contributed by atoms with Crippen LogP contribution < -0.4 is 0 Å². The lowest BCUT2D eigenvalue weighted by Crippen LogP contribution is -2.09. The van der Waals surface area contributed by atoms with E-state index in [2.05, 4.69) is 5.10 Å². The molecule has 0 aliphatic carbocycles. The van der Waals surface area contributed by atoms with Crippen molar-refractivity contribution < 1.29 is 23.1 Å². The molecule has 2 rings (SSSR count). The number of halogens is 3. The van der Waals surface area contributed by atoms with Gasteiger partial charge in [0.15, 0.2) is 5.69 Å². The van der Waals surface area contributed by atoms with Crippen LogP contribution in [0.2, 0.25) is 0 Å². The number of carboxylic acids is 1. The van der Waals surface area contributed by atoms with Crippen molar-refractivity contribution in [2.45, 2.75) is 6.18 Å². The van der Waals surface area contributed by atoms with Gasteiger partial charge >= 0.3 is 12.1 Å². The SMILES string of the molecule is O=C(O)C#Cc1cn(-c2ccccc2)nc1C(F)(F)F. The minimum Gasteiger partial charge on any atom is -0.472 e. The lowest BCUT2D eigenvalue weighted by atomic mass is 10.2. The molecule has 0 spiro atoms. The number of benzene rings is 1. The zero-order valence-electron chi connectivity index (χ0n) is 9.85. The van der Waals surface area contributed by atoms with E-state index < -0.39 is 23.4 Å². The molecule has 4 nitrogen and oxygen atoms in total. The zero-order chi connectivity index (χ0) is 14.8. The summed E-state index contributed by atoms with van der Waals surface area (Å²) in [5.74, 6) is 2.10. The second-order valence-electron chi connectivity index (χ2n) is 3.72. The standard InChI is InChI=1S/C13H7F3N2O2/c14-13(15,16)12-9(6-7-11(19)20)8-18(17-12)10-4-2-1-3-5-10/h1-5,8H,(H,19,20). The molecule has 7 heteroatoms. The smallest absolute Gasteiger partial charge is 0.436 e. The summed E-state index contributed by atoms with van der Waals surface area (Å²) in [6.07, 6.45) is -3.66. The highest BCUT2D eigenvalue weighted by atomic mass is 19.4. The Labute approximate surface area is 111 Å². The van der Waals surface area contributed by atoms with Crippen LogP contribution >= 0.6 is 0 Å². The molecule has 1 N–H and O–H groups in total. The first-order valence-corrected chi connectivity index (χ1v) is 5.35. The summed E-state index contributed by atoms with van der Waals surface area (Å²) in [6, 6.07) is 8.14. The molecule has 0 saturated heterocycles. The van der Waals surface area contributed by atoms with Gasteiger partial charge in [-0.3, -0.25) is 0 Å². The minimum atomic E-state index is -4.71. The Hall–Kier alpha value is -2.75. The van der Waals surface area contributed by atoms with Gasteiger partial charge in [-0.15, -0.1) is 0 Å². The number of hydrogen-bond donors (Lipinski definition) is 1. The summed E-state index contributed by atoms with van der Waals surface area (Å²) in [5.41, 5.74) is -1.28. The maximum Gasteiger partial charge on any atom is 0.436 e. The van der Waals surface area contributed by atoms with Crippen LogP contribution in [0.5, 0.6) is 0 Å². The van der Waals surface area contributed by atoms with Crippen LogP contribution in [0.1, 0.15) is 11.3 Å². The molecule has 20 heavy (non-hydrogen) atoms. The van der Waals surface area contributed by atoms with Crippen molar-refractivity contribution >= 4 is 5.97 Å². The van der Waals surface area contributed by atoms with Crippen molar-refractivity contribution in [2.75, 3.05) is 0 Å². The van der Waals surface area contributed by atoms with Crippen molar-refractivity contribution in [3.05, 3.63) is 47.8 Å². The third-order valence-corrected chi connectivity index (χ3v) is 2.31. The van der Waals surface area contributed by atoms with E-state index in [4.69, 9.17) is 5.11 Å². The molecule has 0 fully saturated rings. The molecule has 0 aliphatic heterocycles. The van der Waals surface area contributed by atoms with Gasteiger partial charge < -0.3 is 5.11 Å². The summed E-state index contributed by atoms with van der Waals surface area (Å²) >= 11 is 0. The first-order valence-electron chi connectivity index (χ1n) is 5.35. The van der Waals surface area contributed by atoms with Gasteiger partial charge in [-0.05, 0) is 12.1 Å². The summed E-state index contributed by atoms with van der Waals surface area (Å²) in [4.78, 5) is 10.3. The molecular weight excluding hydrogens is 273 g/mol. The Morgan fingerprint density at radius 1 is 1.25 bits per heavy atom. The fourth-order valence-electron chi connectivity index (χ4n) is 1.51. The highest BCUT2D eigenvalue weighted by Crippen LogP contribution is 2.30. The number of carbonyl (C=O) groups is 1. The average molecular weight is 280 g/mol. The van der Waals surface area contributed by atoms with E-state index >= 15 is 0 Å². The van der Waals surface area contributed by atoms with Gasteiger partial charge in [0.2, 0.25) is 0 Å². The van der Waals surface area contributed by atoms with E-state index in [0.29, 0.717) is 5.69 Å². The van der Waals surface area contributed by atoms with E-state index in [1.54, 1.807) is 36.3 Å². The van der Waals surface area contributed by atoms with E-state index in [0.717, 1.165) is 10.9 Å². The quantitative estimate of drug-likeness (QED) is 0.816. The third-order valence-electron chi connectivity index (χ3n) is 2.31. The maximum absolute atomic E-state index is 12.8. The van der Waals surface area contributed by atoms with Crippen LogP contribution in [-0.2, 0) is 11.0 Å². The van der Waals surface area contributed by atoms with Gasteiger partial charge in [0.25, 0.3) is 0 Å². The third kappa shape index (κ3) is 2.98. The number of hydrogen-bond acceptors (Lipinski definition) is 2. The van der Waals surface area contributed by atoms with E-state index in [1.807, 2.05) is 5.92 Å². The predicted octanol–water partition coefficient (Wildman–Crippen LogP) is 2.33. The number of alkyl halides is 3. The number of aliphatic carboxylic acids is 1. The highest BCUT2D eigenvalue weighted by molar-refractivity contribution is 5.87. The van der Waals surface area contributed by atoms with E-state index in [-0.39, 0.29) is 0 Å². The lowest BCUT2D eigenvalue weighted by Gasteiger charge is -2.02. The van der Waals surface area contributed by atoms with Crippen molar-refractivity contribution in [2.24, 2.45) is 0 Å². The maximum atomic E-state index is 12.8. The summed E-state index contributed by atoms with van der Waals surface area (Å²) in [7, 11) is 0. The van der Waals surface area contributed by atoms with Crippen molar-refractivity contribution in [3.63, 3.8) is 0 Å². The number of rotatable bonds is 1. The van der Waals surface area contributed by atoms with Crippen LogP contribution in [0.4, 0.5) is 13.2 Å². The van der Waals surface area contributed by atoms with Crippen LogP contribution in [0.3, 0.4) is 0 Å². The summed E-state index contributed by atoms with van der Waals surface area (Å²) < 4.78 is 39.4. The minimum absolute atomic E-state index is 0.418. The summed E-state index contributed by atoms with van der Waals surface area (Å²) in [5, 5.41) is 11.8. The van der Waals surface area contributed by atoms with Crippen molar-refractivity contribution in [1.29, 1.82) is 0 Å².